The number of rotatable bonds is 3. The molecular formula is C14H20N2OS. The van der Waals surface area contributed by atoms with Gasteiger partial charge >= 0.3 is 0 Å². The Morgan fingerprint density at radius 2 is 2.06 bits per heavy atom. The van der Waals surface area contributed by atoms with Crippen LogP contribution >= 0.6 is 11.8 Å². The quantitative estimate of drug-likeness (QED) is 0.674. The fourth-order valence-corrected chi connectivity index (χ4v) is 3.18. The van der Waals surface area contributed by atoms with Gasteiger partial charge in [-0.2, -0.15) is 0 Å². The molecule has 1 unspecified atom stereocenters. The van der Waals surface area contributed by atoms with Crippen molar-refractivity contribution in [3.63, 3.8) is 0 Å². The van der Waals surface area contributed by atoms with Crippen LogP contribution in [0.4, 0.5) is 5.69 Å². The SMILES string of the molecule is Cc1ccc(SC(C)C(=O)N2CCCC2)c(N)c1. The van der Waals surface area contributed by atoms with Gasteiger partial charge < -0.3 is 10.6 Å². The van der Waals surface area contributed by atoms with Crippen LogP contribution in [0.25, 0.3) is 0 Å². The number of carbonyl (C=O) groups is 1. The Kier molecular flexibility index (Phi) is 4.17. The third-order valence-corrected chi connectivity index (χ3v) is 4.42. The molecule has 1 aliphatic rings. The van der Waals surface area contributed by atoms with E-state index in [-0.39, 0.29) is 11.2 Å². The molecule has 1 aliphatic heterocycles. The van der Waals surface area contributed by atoms with Crippen LogP contribution < -0.4 is 5.73 Å². The zero-order valence-corrected chi connectivity index (χ0v) is 11.8. The molecule has 1 amide bonds. The van der Waals surface area contributed by atoms with Crippen molar-refractivity contribution in [3.05, 3.63) is 23.8 Å². The Morgan fingerprint density at radius 1 is 1.39 bits per heavy atom. The summed E-state index contributed by atoms with van der Waals surface area (Å²) in [7, 11) is 0. The predicted molar refractivity (Wildman–Crippen MR) is 76.7 cm³/mol. The Bertz CT molecular complexity index is 441. The van der Waals surface area contributed by atoms with Gasteiger partial charge in [0.05, 0.1) is 5.25 Å². The van der Waals surface area contributed by atoms with Gasteiger partial charge in [0, 0.05) is 23.7 Å². The van der Waals surface area contributed by atoms with Crippen molar-refractivity contribution < 1.29 is 4.79 Å². The minimum atomic E-state index is -0.0619. The van der Waals surface area contributed by atoms with Crippen LogP contribution in [0.1, 0.15) is 25.3 Å². The highest BCUT2D eigenvalue weighted by Crippen LogP contribution is 2.30. The molecule has 1 heterocycles. The second-order valence-corrected chi connectivity index (χ2v) is 6.22. The number of thioether (sulfide) groups is 1. The van der Waals surface area contributed by atoms with E-state index in [1.165, 1.54) is 0 Å². The Morgan fingerprint density at radius 3 is 2.67 bits per heavy atom. The van der Waals surface area contributed by atoms with E-state index in [1.807, 2.05) is 36.9 Å². The van der Waals surface area contributed by atoms with Crippen LogP contribution in [-0.4, -0.2) is 29.1 Å². The molecule has 4 heteroatoms. The van der Waals surface area contributed by atoms with Crippen LogP contribution in [0.15, 0.2) is 23.1 Å². The number of nitrogens with two attached hydrogens (primary N) is 1. The molecule has 1 saturated heterocycles. The molecule has 3 nitrogen and oxygen atoms in total. The van der Waals surface area contributed by atoms with Gasteiger partial charge in [-0.25, -0.2) is 0 Å². The number of anilines is 1. The molecule has 0 saturated carbocycles. The maximum Gasteiger partial charge on any atom is 0.235 e. The van der Waals surface area contributed by atoms with Crippen molar-refractivity contribution >= 4 is 23.4 Å². The van der Waals surface area contributed by atoms with Crippen molar-refractivity contribution in [2.24, 2.45) is 0 Å². The number of hydrogen-bond donors (Lipinski definition) is 1. The molecule has 1 fully saturated rings. The minimum absolute atomic E-state index is 0.0619. The first-order valence-corrected chi connectivity index (χ1v) is 7.27. The number of hydrogen-bond acceptors (Lipinski definition) is 3. The van der Waals surface area contributed by atoms with E-state index >= 15 is 0 Å². The molecule has 0 bridgehead atoms. The number of amides is 1. The topological polar surface area (TPSA) is 46.3 Å². The summed E-state index contributed by atoms with van der Waals surface area (Å²) in [5, 5.41) is -0.0619. The Labute approximate surface area is 113 Å². The third-order valence-electron chi connectivity index (χ3n) is 3.23. The summed E-state index contributed by atoms with van der Waals surface area (Å²) in [5.41, 5.74) is 7.89. The van der Waals surface area contributed by atoms with Gasteiger partial charge in [-0.3, -0.25) is 4.79 Å². The van der Waals surface area contributed by atoms with Gasteiger partial charge in [-0.1, -0.05) is 6.07 Å². The molecule has 0 radical (unpaired) electrons. The Hall–Kier alpha value is -1.16. The predicted octanol–water partition coefficient (Wildman–Crippen LogP) is 2.68. The van der Waals surface area contributed by atoms with E-state index in [0.717, 1.165) is 42.1 Å². The van der Waals surface area contributed by atoms with Gasteiger partial charge in [0.25, 0.3) is 0 Å². The first-order valence-electron chi connectivity index (χ1n) is 6.39. The van der Waals surface area contributed by atoms with Gasteiger partial charge in [0.1, 0.15) is 0 Å². The number of likely N-dealkylation sites (tertiary alicyclic amines) is 1. The van der Waals surface area contributed by atoms with Crippen molar-refractivity contribution in [2.75, 3.05) is 18.8 Å². The van der Waals surface area contributed by atoms with Gasteiger partial charge in [-0.15, -0.1) is 11.8 Å². The van der Waals surface area contributed by atoms with Crippen molar-refractivity contribution in [2.45, 2.75) is 36.8 Å². The lowest BCUT2D eigenvalue weighted by Crippen LogP contribution is -2.34. The van der Waals surface area contributed by atoms with Crippen LogP contribution in [0.3, 0.4) is 0 Å². The van der Waals surface area contributed by atoms with E-state index in [0.29, 0.717) is 0 Å². The molecule has 0 spiro atoms. The van der Waals surface area contributed by atoms with Gasteiger partial charge in [-0.05, 0) is 44.4 Å². The maximum atomic E-state index is 12.2. The lowest BCUT2D eigenvalue weighted by atomic mass is 10.2. The average Bonchev–Trinajstić information content (AvgIpc) is 2.85. The van der Waals surface area contributed by atoms with Crippen molar-refractivity contribution in [3.8, 4) is 0 Å². The van der Waals surface area contributed by atoms with Crippen LogP contribution in [0, 0.1) is 6.92 Å². The summed E-state index contributed by atoms with van der Waals surface area (Å²) in [6.45, 7) is 5.80. The molecule has 1 aromatic carbocycles. The summed E-state index contributed by atoms with van der Waals surface area (Å²) in [4.78, 5) is 15.2. The standard InChI is InChI=1S/C14H20N2OS/c1-10-5-6-13(12(15)9-10)18-11(2)14(17)16-7-3-4-8-16/h5-6,9,11H,3-4,7-8,15H2,1-2H3. The van der Waals surface area contributed by atoms with E-state index in [1.54, 1.807) is 11.8 Å². The number of benzene rings is 1. The summed E-state index contributed by atoms with van der Waals surface area (Å²) in [6.07, 6.45) is 2.27. The molecule has 98 valence electrons. The number of nitrogen functional groups attached to an aromatic ring is 1. The zero-order valence-electron chi connectivity index (χ0n) is 11.0. The lowest BCUT2D eigenvalue weighted by Gasteiger charge is -2.20. The van der Waals surface area contributed by atoms with Gasteiger partial charge in [0.2, 0.25) is 5.91 Å². The summed E-state index contributed by atoms with van der Waals surface area (Å²) < 4.78 is 0. The molecule has 0 aliphatic carbocycles. The molecular weight excluding hydrogens is 244 g/mol. The summed E-state index contributed by atoms with van der Waals surface area (Å²) in [6, 6.07) is 5.99. The monoisotopic (exact) mass is 264 g/mol. The molecule has 2 N–H and O–H groups in total. The Balaban J connectivity index is 2.01. The number of carbonyl (C=O) groups excluding carboxylic acids is 1. The number of aryl methyl sites for hydroxylation is 1. The molecule has 1 aromatic rings. The molecule has 1 atom stereocenters. The first-order chi connectivity index (χ1) is 8.58. The third kappa shape index (κ3) is 2.99. The average molecular weight is 264 g/mol. The van der Waals surface area contributed by atoms with E-state index in [4.69, 9.17) is 5.73 Å². The molecule has 2 rings (SSSR count). The van der Waals surface area contributed by atoms with E-state index < -0.39 is 0 Å². The first kappa shape index (κ1) is 13.3. The number of nitrogens with zero attached hydrogens (tertiary/aromatic N) is 1. The second kappa shape index (κ2) is 5.65. The largest absolute Gasteiger partial charge is 0.398 e. The normalized spacial score (nSPS) is 16.9. The van der Waals surface area contributed by atoms with E-state index in [2.05, 4.69) is 0 Å². The van der Waals surface area contributed by atoms with Crippen LogP contribution in [0.5, 0.6) is 0 Å². The smallest absolute Gasteiger partial charge is 0.235 e. The lowest BCUT2D eigenvalue weighted by molar-refractivity contribution is -0.129. The van der Waals surface area contributed by atoms with Crippen LogP contribution in [0.2, 0.25) is 0 Å². The molecule has 0 aromatic heterocycles. The zero-order chi connectivity index (χ0) is 13.1. The fourth-order valence-electron chi connectivity index (χ4n) is 2.21. The van der Waals surface area contributed by atoms with E-state index in [9.17, 15) is 4.79 Å². The van der Waals surface area contributed by atoms with Gasteiger partial charge in [0.15, 0.2) is 0 Å². The second-order valence-electron chi connectivity index (χ2n) is 4.83. The minimum Gasteiger partial charge on any atom is -0.398 e. The molecule has 18 heavy (non-hydrogen) atoms. The maximum absolute atomic E-state index is 12.2. The fraction of sp³-hybridized carbons (Fsp3) is 0.500. The van der Waals surface area contributed by atoms with Crippen LogP contribution in [-0.2, 0) is 4.79 Å². The highest BCUT2D eigenvalue weighted by atomic mass is 32.2. The summed E-state index contributed by atoms with van der Waals surface area (Å²) >= 11 is 1.56. The van der Waals surface area contributed by atoms with Crippen molar-refractivity contribution in [1.82, 2.24) is 4.90 Å². The van der Waals surface area contributed by atoms with Crippen molar-refractivity contribution in [1.29, 1.82) is 0 Å². The highest BCUT2D eigenvalue weighted by Gasteiger charge is 2.24. The highest BCUT2D eigenvalue weighted by molar-refractivity contribution is 8.00. The summed E-state index contributed by atoms with van der Waals surface area (Å²) in [5.74, 6) is 0.234.